The van der Waals surface area contributed by atoms with Crippen molar-refractivity contribution in [1.29, 1.82) is 0 Å². The molecule has 1 aliphatic rings. The Morgan fingerprint density at radius 1 is 1.13 bits per heavy atom. The number of hydrogen-bond donors (Lipinski definition) is 1. The highest BCUT2D eigenvalue weighted by molar-refractivity contribution is 5.80. The minimum Gasteiger partial charge on any atom is -0.497 e. The van der Waals surface area contributed by atoms with Gasteiger partial charge in [0.2, 0.25) is 0 Å². The maximum atomic E-state index is 5.53. The van der Waals surface area contributed by atoms with Gasteiger partial charge in [0.05, 0.1) is 19.9 Å². The van der Waals surface area contributed by atoms with Crippen LogP contribution < -0.4 is 14.8 Å². The van der Waals surface area contributed by atoms with Gasteiger partial charge >= 0.3 is 0 Å². The summed E-state index contributed by atoms with van der Waals surface area (Å²) in [5.74, 6) is 2.70. The Morgan fingerprint density at radius 3 is 2.43 bits per heavy atom. The molecule has 1 aromatic heterocycles. The predicted molar refractivity (Wildman–Crippen MR) is 119 cm³/mol. The highest BCUT2D eigenvalue weighted by Gasteiger charge is 2.21. The van der Waals surface area contributed by atoms with Gasteiger partial charge in [-0.05, 0) is 32.0 Å². The Balaban J connectivity index is 1.56. The van der Waals surface area contributed by atoms with Crippen molar-refractivity contribution in [1.82, 2.24) is 24.9 Å². The normalized spacial score (nSPS) is 15.4. The van der Waals surface area contributed by atoms with Crippen LogP contribution in [0.2, 0.25) is 0 Å². The van der Waals surface area contributed by atoms with Crippen LogP contribution in [-0.4, -0.2) is 73.0 Å². The smallest absolute Gasteiger partial charge is 0.194 e. The maximum absolute atomic E-state index is 5.53. The van der Waals surface area contributed by atoms with Crippen molar-refractivity contribution in [3.63, 3.8) is 0 Å². The zero-order chi connectivity index (χ0) is 21.7. The van der Waals surface area contributed by atoms with Gasteiger partial charge in [0.25, 0.3) is 0 Å². The van der Waals surface area contributed by atoms with Gasteiger partial charge in [-0.2, -0.15) is 5.10 Å². The molecule has 1 N–H and O–H groups in total. The SMILES string of the molecule is CN=C(NCc1c(C)nn(C)c1C)N1CCN(Cc2cc(OC)ccc2OC)CC1. The standard InChI is InChI=1S/C22H34N6O2/c1-16-20(17(2)26(4)25-16)14-24-22(23-3)28-11-9-27(10-12-28)15-18-13-19(29-5)7-8-21(18)30-6/h7-8,13H,9-12,14-15H2,1-6H3,(H,23,24). The van der Waals surface area contributed by atoms with Crippen LogP contribution in [0.15, 0.2) is 23.2 Å². The van der Waals surface area contributed by atoms with E-state index in [9.17, 15) is 0 Å². The summed E-state index contributed by atoms with van der Waals surface area (Å²) in [5.41, 5.74) is 4.64. The Kier molecular flexibility index (Phi) is 7.20. The lowest BCUT2D eigenvalue weighted by Gasteiger charge is -2.36. The van der Waals surface area contributed by atoms with Crippen molar-refractivity contribution in [3.8, 4) is 11.5 Å². The first-order valence-corrected chi connectivity index (χ1v) is 10.3. The second-order valence-corrected chi connectivity index (χ2v) is 7.61. The number of benzene rings is 1. The van der Waals surface area contributed by atoms with E-state index in [4.69, 9.17) is 9.47 Å². The summed E-state index contributed by atoms with van der Waals surface area (Å²) in [6.07, 6.45) is 0. The molecule has 0 amide bonds. The summed E-state index contributed by atoms with van der Waals surface area (Å²) < 4.78 is 12.8. The number of nitrogens with one attached hydrogen (secondary N) is 1. The fourth-order valence-electron chi connectivity index (χ4n) is 3.94. The van der Waals surface area contributed by atoms with Gasteiger partial charge in [-0.1, -0.05) is 0 Å². The monoisotopic (exact) mass is 414 g/mol. The van der Waals surface area contributed by atoms with Crippen LogP contribution in [0.5, 0.6) is 11.5 Å². The number of methoxy groups -OCH3 is 2. The first-order chi connectivity index (χ1) is 14.5. The van der Waals surface area contributed by atoms with Crippen LogP contribution in [0, 0.1) is 13.8 Å². The molecule has 0 bridgehead atoms. The first-order valence-electron chi connectivity index (χ1n) is 10.3. The third-order valence-corrected chi connectivity index (χ3v) is 5.85. The van der Waals surface area contributed by atoms with Crippen molar-refractivity contribution in [2.24, 2.45) is 12.0 Å². The summed E-state index contributed by atoms with van der Waals surface area (Å²) in [5, 5.41) is 8.02. The summed E-state index contributed by atoms with van der Waals surface area (Å²) in [7, 11) is 7.23. The second-order valence-electron chi connectivity index (χ2n) is 7.61. The number of aryl methyl sites for hydroxylation is 2. The van der Waals surface area contributed by atoms with Crippen LogP contribution >= 0.6 is 0 Å². The van der Waals surface area contributed by atoms with Gasteiger partial charge in [0.15, 0.2) is 5.96 Å². The molecule has 1 saturated heterocycles. The summed E-state index contributed by atoms with van der Waals surface area (Å²) in [6.45, 7) is 9.52. The van der Waals surface area contributed by atoms with E-state index in [1.807, 2.05) is 30.9 Å². The molecule has 164 valence electrons. The molecule has 8 nitrogen and oxygen atoms in total. The molecule has 3 rings (SSSR count). The quantitative estimate of drug-likeness (QED) is 0.576. The number of aromatic nitrogens is 2. The molecule has 1 fully saturated rings. The number of guanidine groups is 1. The summed E-state index contributed by atoms with van der Waals surface area (Å²) in [6, 6.07) is 5.96. The van der Waals surface area contributed by atoms with Gasteiger partial charge in [-0.25, -0.2) is 0 Å². The molecule has 0 saturated carbocycles. The van der Waals surface area contributed by atoms with E-state index >= 15 is 0 Å². The molecule has 2 aromatic rings. The minimum absolute atomic E-state index is 0.736. The number of ether oxygens (including phenoxy) is 2. The maximum Gasteiger partial charge on any atom is 0.194 e. The highest BCUT2D eigenvalue weighted by atomic mass is 16.5. The Morgan fingerprint density at radius 2 is 1.87 bits per heavy atom. The molecule has 8 heteroatoms. The number of rotatable bonds is 6. The number of hydrogen-bond acceptors (Lipinski definition) is 5. The lowest BCUT2D eigenvalue weighted by atomic mass is 10.1. The van der Waals surface area contributed by atoms with Crippen LogP contribution in [0.1, 0.15) is 22.5 Å². The summed E-state index contributed by atoms with van der Waals surface area (Å²) >= 11 is 0. The largest absolute Gasteiger partial charge is 0.497 e. The zero-order valence-corrected chi connectivity index (χ0v) is 19.0. The molecule has 0 aliphatic carbocycles. The third-order valence-electron chi connectivity index (χ3n) is 5.85. The molecule has 0 atom stereocenters. The van der Waals surface area contributed by atoms with Crippen LogP contribution in [-0.2, 0) is 20.1 Å². The van der Waals surface area contributed by atoms with E-state index in [-0.39, 0.29) is 0 Å². The molecule has 30 heavy (non-hydrogen) atoms. The van der Waals surface area contributed by atoms with Gasteiger partial charge < -0.3 is 19.7 Å². The van der Waals surface area contributed by atoms with Crippen molar-refractivity contribution >= 4 is 5.96 Å². The Labute approximate surface area is 179 Å². The summed E-state index contributed by atoms with van der Waals surface area (Å²) in [4.78, 5) is 9.26. The minimum atomic E-state index is 0.736. The lowest BCUT2D eigenvalue weighted by molar-refractivity contribution is 0.171. The molecular weight excluding hydrogens is 380 g/mol. The Bertz CT molecular complexity index is 884. The van der Waals surface area contributed by atoms with E-state index < -0.39 is 0 Å². The van der Waals surface area contributed by atoms with E-state index in [2.05, 4.69) is 45.1 Å². The molecule has 0 unspecified atom stereocenters. The molecule has 1 aliphatic heterocycles. The van der Waals surface area contributed by atoms with Gasteiger partial charge in [0, 0.05) is 70.2 Å². The number of aliphatic imine (C=N–C) groups is 1. The molecular formula is C22H34N6O2. The molecule has 0 radical (unpaired) electrons. The van der Waals surface area contributed by atoms with E-state index in [0.29, 0.717) is 0 Å². The Hall–Kier alpha value is -2.74. The van der Waals surface area contributed by atoms with Gasteiger partial charge in [-0.15, -0.1) is 0 Å². The van der Waals surface area contributed by atoms with Crippen LogP contribution in [0.3, 0.4) is 0 Å². The van der Waals surface area contributed by atoms with Gasteiger partial charge in [-0.3, -0.25) is 14.6 Å². The van der Waals surface area contributed by atoms with E-state index in [1.54, 1.807) is 14.2 Å². The van der Waals surface area contributed by atoms with Crippen LogP contribution in [0.4, 0.5) is 0 Å². The number of nitrogens with zero attached hydrogens (tertiary/aromatic N) is 5. The van der Waals surface area contributed by atoms with Gasteiger partial charge in [0.1, 0.15) is 11.5 Å². The fraction of sp³-hybridized carbons (Fsp3) is 0.545. The average Bonchev–Trinajstić information content (AvgIpc) is 3.00. The van der Waals surface area contributed by atoms with E-state index in [1.165, 1.54) is 11.3 Å². The lowest BCUT2D eigenvalue weighted by Crippen LogP contribution is -2.52. The van der Waals surface area contributed by atoms with E-state index in [0.717, 1.165) is 68.0 Å². The van der Waals surface area contributed by atoms with Crippen molar-refractivity contribution < 1.29 is 9.47 Å². The van der Waals surface area contributed by atoms with Crippen LogP contribution in [0.25, 0.3) is 0 Å². The predicted octanol–water partition coefficient (Wildman–Crippen LogP) is 1.95. The van der Waals surface area contributed by atoms with Crippen molar-refractivity contribution in [2.45, 2.75) is 26.9 Å². The fourth-order valence-corrected chi connectivity index (χ4v) is 3.94. The average molecular weight is 415 g/mol. The van der Waals surface area contributed by atoms with Crippen molar-refractivity contribution in [2.75, 3.05) is 47.4 Å². The number of piperazine rings is 1. The third kappa shape index (κ3) is 4.87. The zero-order valence-electron chi connectivity index (χ0n) is 19.0. The molecule has 0 spiro atoms. The first kappa shape index (κ1) is 22.0. The topological polar surface area (TPSA) is 67.2 Å². The second kappa shape index (κ2) is 9.84. The van der Waals surface area contributed by atoms with Crippen molar-refractivity contribution in [3.05, 3.63) is 40.7 Å². The molecule has 1 aromatic carbocycles. The molecule has 2 heterocycles. The highest BCUT2D eigenvalue weighted by Crippen LogP contribution is 2.25.